The average Bonchev–Trinajstić information content (AvgIpc) is 1.97. The maximum Gasteiger partial charge on any atom is -0.00772 e. The highest BCUT2D eigenvalue weighted by Crippen LogP contribution is 2.09. The quantitative estimate of drug-likeness (QED) is 0.604. The number of hydrogen-bond acceptors (Lipinski definition) is 1. The molecule has 1 unspecified atom stereocenters. The Labute approximate surface area is 64.2 Å². The van der Waals surface area contributed by atoms with Gasteiger partial charge in [-0.15, -0.1) is 6.54 Å². The van der Waals surface area contributed by atoms with Crippen LogP contribution in [0, 0.1) is 5.92 Å². The normalized spacial score (nSPS) is 13.5. The maximum atomic E-state index is 5.38. The summed E-state index contributed by atoms with van der Waals surface area (Å²) in [5, 5.41) is 4.05. The molecule has 2 nitrogen and oxygen atoms in total. The lowest BCUT2D eigenvalue weighted by Crippen LogP contribution is -2.03. The highest BCUT2D eigenvalue weighted by atomic mass is 14.8. The van der Waals surface area contributed by atoms with Crippen LogP contribution in [0.2, 0.25) is 0 Å². The average molecular weight is 143 g/mol. The Morgan fingerprint density at radius 3 is 2.60 bits per heavy atom. The summed E-state index contributed by atoms with van der Waals surface area (Å²) in [4.78, 5) is 0. The van der Waals surface area contributed by atoms with Gasteiger partial charge in [-0.3, -0.25) is 0 Å². The lowest BCUT2D eigenvalue weighted by atomic mass is 10.0. The first-order chi connectivity index (χ1) is 4.81. The Hall–Kier alpha value is -0.0800. The fourth-order valence-corrected chi connectivity index (χ4v) is 0.960. The third-order valence-corrected chi connectivity index (χ3v) is 1.75. The van der Waals surface area contributed by atoms with E-state index in [4.69, 9.17) is 5.73 Å². The molecular formula is C8H19N2-. The van der Waals surface area contributed by atoms with Gasteiger partial charge in [0.15, 0.2) is 0 Å². The van der Waals surface area contributed by atoms with Crippen LogP contribution in [0.4, 0.5) is 0 Å². The van der Waals surface area contributed by atoms with Gasteiger partial charge in [0, 0.05) is 0 Å². The third-order valence-electron chi connectivity index (χ3n) is 1.75. The van der Waals surface area contributed by atoms with E-state index < -0.39 is 0 Å². The van der Waals surface area contributed by atoms with Gasteiger partial charge in [0.25, 0.3) is 0 Å². The van der Waals surface area contributed by atoms with Gasteiger partial charge in [0.1, 0.15) is 0 Å². The minimum absolute atomic E-state index is 0.798. The number of rotatable bonds is 6. The third kappa shape index (κ3) is 6.05. The molecule has 0 aromatic heterocycles. The monoisotopic (exact) mass is 143 g/mol. The van der Waals surface area contributed by atoms with E-state index in [1.54, 1.807) is 0 Å². The molecule has 0 rings (SSSR count). The summed E-state index contributed by atoms with van der Waals surface area (Å²) < 4.78 is 0. The molecule has 0 heterocycles. The fourth-order valence-electron chi connectivity index (χ4n) is 0.960. The molecule has 0 spiro atoms. The first kappa shape index (κ1) is 9.92. The van der Waals surface area contributed by atoms with Crippen molar-refractivity contribution in [3.63, 3.8) is 0 Å². The van der Waals surface area contributed by atoms with Crippen LogP contribution in [0.5, 0.6) is 0 Å². The first-order valence-corrected chi connectivity index (χ1v) is 4.07. The van der Waals surface area contributed by atoms with E-state index in [0.717, 1.165) is 25.4 Å². The van der Waals surface area contributed by atoms with Crippen LogP contribution in [0.15, 0.2) is 0 Å². The van der Waals surface area contributed by atoms with Crippen molar-refractivity contribution in [2.24, 2.45) is 11.7 Å². The van der Waals surface area contributed by atoms with Crippen LogP contribution >= 0.6 is 0 Å². The zero-order valence-corrected chi connectivity index (χ0v) is 7.14. The molecule has 0 radical (unpaired) electrons. The van der Waals surface area contributed by atoms with E-state index in [2.05, 4.69) is 12.2 Å². The van der Waals surface area contributed by atoms with Crippen LogP contribution < -0.4 is 5.73 Å². The Bertz CT molecular complexity index is 56.3. The molecular weight excluding hydrogens is 124 g/mol. The van der Waals surface area contributed by atoms with Gasteiger partial charge in [-0.05, 0) is 25.3 Å². The summed E-state index contributed by atoms with van der Waals surface area (Å²) in [6.45, 7) is 4.10. The molecule has 0 aliphatic heterocycles. The van der Waals surface area contributed by atoms with Crippen LogP contribution in [0.1, 0.15) is 26.2 Å². The predicted octanol–water partition coefficient (Wildman–Crippen LogP) is 1.75. The molecule has 1 atom stereocenters. The molecule has 0 saturated carbocycles. The first-order valence-electron chi connectivity index (χ1n) is 4.07. The Morgan fingerprint density at radius 1 is 1.40 bits per heavy atom. The molecule has 2 heteroatoms. The second-order valence-electron chi connectivity index (χ2n) is 2.86. The Morgan fingerprint density at radius 2 is 2.10 bits per heavy atom. The van der Waals surface area contributed by atoms with E-state index in [9.17, 15) is 0 Å². The topological polar surface area (TPSA) is 40.1 Å². The molecule has 0 aromatic rings. The van der Waals surface area contributed by atoms with Crippen molar-refractivity contribution in [1.29, 1.82) is 0 Å². The highest BCUT2D eigenvalue weighted by Gasteiger charge is 1.96. The van der Waals surface area contributed by atoms with Crippen LogP contribution in [-0.4, -0.2) is 20.1 Å². The minimum Gasteiger partial charge on any atom is -0.665 e. The molecule has 62 valence electrons. The molecule has 10 heavy (non-hydrogen) atoms. The number of nitrogens with two attached hydrogens (primary N) is 1. The van der Waals surface area contributed by atoms with Crippen molar-refractivity contribution in [2.75, 3.05) is 20.1 Å². The second kappa shape index (κ2) is 7.03. The summed E-state index contributed by atoms with van der Waals surface area (Å²) >= 11 is 0. The Kier molecular flexibility index (Phi) is 6.98. The summed E-state index contributed by atoms with van der Waals surface area (Å²) in [6.07, 6.45) is 3.63. The largest absolute Gasteiger partial charge is 0.665 e. The smallest absolute Gasteiger partial charge is 0.00772 e. The van der Waals surface area contributed by atoms with E-state index in [-0.39, 0.29) is 0 Å². The van der Waals surface area contributed by atoms with Gasteiger partial charge in [0.2, 0.25) is 0 Å². The van der Waals surface area contributed by atoms with Gasteiger partial charge in [-0.1, -0.05) is 13.3 Å². The minimum atomic E-state index is 0.798. The molecule has 0 aliphatic rings. The molecule has 2 N–H and O–H groups in total. The van der Waals surface area contributed by atoms with Crippen LogP contribution in [0.3, 0.4) is 0 Å². The van der Waals surface area contributed by atoms with Crippen molar-refractivity contribution in [3.8, 4) is 0 Å². The van der Waals surface area contributed by atoms with Gasteiger partial charge in [0.05, 0.1) is 0 Å². The molecule has 0 amide bonds. The van der Waals surface area contributed by atoms with Crippen molar-refractivity contribution in [3.05, 3.63) is 5.32 Å². The van der Waals surface area contributed by atoms with Crippen LogP contribution in [0.25, 0.3) is 5.32 Å². The molecule has 0 aromatic carbocycles. The lowest BCUT2D eigenvalue weighted by Gasteiger charge is -2.15. The fraction of sp³-hybridized carbons (Fsp3) is 1.00. The summed E-state index contributed by atoms with van der Waals surface area (Å²) in [5.74, 6) is 0.798. The van der Waals surface area contributed by atoms with Crippen molar-refractivity contribution >= 4 is 0 Å². The zero-order chi connectivity index (χ0) is 7.82. The summed E-state index contributed by atoms with van der Waals surface area (Å²) in [7, 11) is 1.87. The zero-order valence-electron chi connectivity index (χ0n) is 7.14. The number of nitrogens with zero attached hydrogens (tertiary/aromatic N) is 1. The molecule has 0 saturated heterocycles. The molecule has 0 fully saturated rings. The standard InChI is InChI=1S/C8H19N2/c1-8(4-3-6-9)5-7-10-2/h8H,3-7,9H2,1-2H3/q-1. The SMILES string of the molecule is C[N-]CCC(C)CCCN. The Balaban J connectivity index is 3.00. The lowest BCUT2D eigenvalue weighted by molar-refractivity contribution is 0.493. The van der Waals surface area contributed by atoms with Gasteiger partial charge < -0.3 is 11.1 Å². The van der Waals surface area contributed by atoms with Crippen molar-refractivity contribution < 1.29 is 0 Å². The van der Waals surface area contributed by atoms with Gasteiger partial charge in [-0.2, -0.15) is 7.05 Å². The predicted molar refractivity (Wildman–Crippen MR) is 46.2 cm³/mol. The van der Waals surface area contributed by atoms with Crippen molar-refractivity contribution in [1.82, 2.24) is 0 Å². The molecule has 0 aliphatic carbocycles. The second-order valence-corrected chi connectivity index (χ2v) is 2.86. The van der Waals surface area contributed by atoms with E-state index >= 15 is 0 Å². The van der Waals surface area contributed by atoms with Crippen LogP contribution in [-0.2, 0) is 0 Å². The molecule has 0 bridgehead atoms. The maximum absolute atomic E-state index is 5.38. The van der Waals surface area contributed by atoms with Gasteiger partial charge >= 0.3 is 0 Å². The summed E-state index contributed by atoms with van der Waals surface area (Å²) in [6, 6.07) is 0. The summed E-state index contributed by atoms with van der Waals surface area (Å²) in [5.41, 5.74) is 5.38. The van der Waals surface area contributed by atoms with E-state index in [1.807, 2.05) is 7.05 Å². The van der Waals surface area contributed by atoms with Crippen molar-refractivity contribution in [2.45, 2.75) is 26.2 Å². The number of hydrogen-bond donors (Lipinski definition) is 1. The van der Waals surface area contributed by atoms with E-state index in [1.165, 1.54) is 12.8 Å². The van der Waals surface area contributed by atoms with Gasteiger partial charge in [-0.25, -0.2) is 0 Å². The highest BCUT2D eigenvalue weighted by molar-refractivity contribution is 4.71. The van der Waals surface area contributed by atoms with E-state index in [0.29, 0.717) is 0 Å².